The lowest BCUT2D eigenvalue weighted by atomic mass is 9.84. The second kappa shape index (κ2) is 4.73. The molecule has 0 radical (unpaired) electrons. The highest BCUT2D eigenvalue weighted by Crippen LogP contribution is 2.49. The second-order valence-electron chi connectivity index (χ2n) is 6.28. The van der Waals surface area contributed by atoms with Gasteiger partial charge in [-0.2, -0.15) is 5.06 Å². The Labute approximate surface area is 115 Å². The van der Waals surface area contributed by atoms with Crippen molar-refractivity contribution >= 4 is 5.57 Å². The first kappa shape index (κ1) is 14.2. The van der Waals surface area contributed by atoms with E-state index < -0.39 is 5.54 Å². The Bertz CT molecular complexity index is 489. The molecule has 0 saturated heterocycles. The molecule has 1 aliphatic heterocycles. The van der Waals surface area contributed by atoms with Gasteiger partial charge < -0.3 is 5.21 Å². The van der Waals surface area contributed by atoms with Crippen LogP contribution in [0.1, 0.15) is 53.0 Å². The Morgan fingerprint density at radius 1 is 1.21 bits per heavy atom. The Hall–Kier alpha value is -1.19. The van der Waals surface area contributed by atoms with Gasteiger partial charge in [0.15, 0.2) is 0 Å². The lowest BCUT2D eigenvalue weighted by Gasteiger charge is -2.37. The van der Waals surface area contributed by atoms with Gasteiger partial charge in [-0.3, -0.25) is 4.98 Å². The molecule has 3 nitrogen and oxygen atoms in total. The van der Waals surface area contributed by atoms with Gasteiger partial charge in [-0.05, 0) is 56.9 Å². The summed E-state index contributed by atoms with van der Waals surface area (Å²) in [6.45, 7) is 10.5. The Kier molecular flexibility index (Phi) is 3.54. The van der Waals surface area contributed by atoms with Gasteiger partial charge in [0, 0.05) is 12.4 Å². The maximum absolute atomic E-state index is 10.6. The van der Waals surface area contributed by atoms with E-state index in [0.717, 1.165) is 18.4 Å². The molecule has 0 amide bonds. The van der Waals surface area contributed by atoms with Crippen molar-refractivity contribution in [1.82, 2.24) is 10.0 Å². The molecule has 104 valence electrons. The van der Waals surface area contributed by atoms with Crippen LogP contribution < -0.4 is 0 Å². The molecule has 19 heavy (non-hydrogen) atoms. The molecule has 0 aromatic carbocycles. The van der Waals surface area contributed by atoms with Gasteiger partial charge in [0.25, 0.3) is 0 Å². The van der Waals surface area contributed by atoms with Crippen LogP contribution in [0.2, 0.25) is 0 Å². The largest absolute Gasteiger partial charge is 0.312 e. The predicted octanol–water partition coefficient (Wildman–Crippen LogP) is 3.90. The first-order valence-corrected chi connectivity index (χ1v) is 6.97. The zero-order chi connectivity index (χ0) is 14.3. The fraction of sp³-hybridized carbons (Fsp3) is 0.562. The van der Waals surface area contributed by atoms with Crippen LogP contribution in [0.5, 0.6) is 0 Å². The van der Waals surface area contributed by atoms with Crippen LogP contribution >= 0.6 is 0 Å². The molecule has 0 unspecified atom stereocenters. The van der Waals surface area contributed by atoms with Crippen molar-refractivity contribution in [2.24, 2.45) is 0 Å². The summed E-state index contributed by atoms with van der Waals surface area (Å²) in [6.07, 6.45) is 5.75. The average Bonchev–Trinajstić information content (AvgIpc) is 2.50. The lowest BCUT2D eigenvalue weighted by molar-refractivity contribution is -0.183. The number of hydroxylamine groups is 2. The minimum absolute atomic E-state index is 0.329. The number of nitrogens with zero attached hydrogens (tertiary/aromatic N) is 2. The molecular formula is C16H24N2O. The molecule has 1 aromatic rings. The molecule has 2 rings (SSSR count). The summed E-state index contributed by atoms with van der Waals surface area (Å²) in [5, 5.41) is 12.1. The highest BCUT2D eigenvalue weighted by Gasteiger charge is 2.50. The number of rotatable bonds is 3. The van der Waals surface area contributed by atoms with E-state index in [1.807, 2.05) is 12.3 Å². The molecule has 0 atom stereocenters. The summed E-state index contributed by atoms with van der Waals surface area (Å²) >= 11 is 0. The minimum atomic E-state index is -0.392. The lowest BCUT2D eigenvalue weighted by Crippen LogP contribution is -2.48. The third-order valence-electron chi connectivity index (χ3n) is 4.16. The van der Waals surface area contributed by atoms with Crippen LogP contribution in [-0.2, 0) is 0 Å². The summed E-state index contributed by atoms with van der Waals surface area (Å²) < 4.78 is 0. The zero-order valence-corrected chi connectivity index (χ0v) is 12.6. The van der Waals surface area contributed by atoms with Gasteiger partial charge in [-0.25, -0.2) is 0 Å². The fourth-order valence-electron chi connectivity index (χ4n) is 3.33. The van der Waals surface area contributed by atoms with Gasteiger partial charge in [-0.15, -0.1) is 0 Å². The normalized spacial score (nSPS) is 22.0. The maximum atomic E-state index is 10.6. The predicted molar refractivity (Wildman–Crippen MR) is 77.8 cm³/mol. The molecule has 0 fully saturated rings. The Balaban J connectivity index is 2.65. The first-order chi connectivity index (χ1) is 8.83. The van der Waals surface area contributed by atoms with Crippen molar-refractivity contribution in [3.05, 3.63) is 35.7 Å². The monoisotopic (exact) mass is 260 g/mol. The topological polar surface area (TPSA) is 36.4 Å². The Morgan fingerprint density at radius 2 is 1.89 bits per heavy atom. The summed E-state index contributed by atoms with van der Waals surface area (Å²) in [4.78, 5) is 4.23. The van der Waals surface area contributed by atoms with Crippen molar-refractivity contribution < 1.29 is 5.21 Å². The molecule has 1 aromatic heterocycles. The number of pyridine rings is 1. The van der Waals surface area contributed by atoms with Crippen molar-refractivity contribution in [2.75, 3.05) is 0 Å². The van der Waals surface area contributed by atoms with E-state index in [9.17, 15) is 5.21 Å². The van der Waals surface area contributed by atoms with Crippen LogP contribution in [0.25, 0.3) is 5.57 Å². The third-order valence-corrected chi connectivity index (χ3v) is 4.16. The average molecular weight is 260 g/mol. The Morgan fingerprint density at radius 3 is 2.42 bits per heavy atom. The van der Waals surface area contributed by atoms with Gasteiger partial charge in [0.1, 0.15) is 0 Å². The smallest absolute Gasteiger partial charge is 0.0668 e. The molecule has 2 heterocycles. The fourth-order valence-corrected chi connectivity index (χ4v) is 3.33. The molecule has 0 aliphatic carbocycles. The maximum Gasteiger partial charge on any atom is 0.0668 e. The van der Waals surface area contributed by atoms with Crippen molar-refractivity contribution in [3.63, 3.8) is 0 Å². The van der Waals surface area contributed by atoms with E-state index >= 15 is 0 Å². The minimum Gasteiger partial charge on any atom is -0.312 e. The van der Waals surface area contributed by atoms with E-state index in [4.69, 9.17) is 0 Å². The van der Waals surface area contributed by atoms with Crippen LogP contribution in [0.3, 0.4) is 0 Å². The summed E-state index contributed by atoms with van der Waals surface area (Å²) in [6, 6.07) is 4.03. The second-order valence-corrected chi connectivity index (χ2v) is 6.28. The third kappa shape index (κ3) is 2.11. The van der Waals surface area contributed by atoms with E-state index in [0.29, 0.717) is 0 Å². The SMILES string of the molecule is CCCC1=C(c2cccnc2)C(C)(C)N(O)C1(C)C. The van der Waals surface area contributed by atoms with Crippen LogP contribution in [0.4, 0.5) is 0 Å². The number of hydrogen-bond acceptors (Lipinski definition) is 3. The first-order valence-electron chi connectivity index (χ1n) is 6.97. The molecule has 0 saturated carbocycles. The molecule has 3 heteroatoms. The summed E-state index contributed by atoms with van der Waals surface area (Å²) in [5.41, 5.74) is 2.92. The van der Waals surface area contributed by atoms with Gasteiger partial charge in [0.2, 0.25) is 0 Å². The highest BCUT2D eigenvalue weighted by atomic mass is 16.5. The highest BCUT2D eigenvalue weighted by molar-refractivity contribution is 5.79. The van der Waals surface area contributed by atoms with E-state index in [1.165, 1.54) is 16.2 Å². The standard InChI is InChI=1S/C16H24N2O/c1-6-8-13-14(12-9-7-10-17-11-12)16(4,5)18(19)15(13,2)3/h7,9-11,19H,6,8H2,1-5H3. The zero-order valence-electron chi connectivity index (χ0n) is 12.6. The molecule has 1 aliphatic rings. The molecule has 0 bridgehead atoms. The quantitative estimate of drug-likeness (QED) is 0.895. The van der Waals surface area contributed by atoms with E-state index in [2.05, 4.69) is 45.7 Å². The van der Waals surface area contributed by atoms with E-state index in [1.54, 1.807) is 6.20 Å². The van der Waals surface area contributed by atoms with Crippen molar-refractivity contribution in [1.29, 1.82) is 0 Å². The van der Waals surface area contributed by atoms with Crippen molar-refractivity contribution in [2.45, 2.75) is 58.5 Å². The van der Waals surface area contributed by atoms with Gasteiger partial charge >= 0.3 is 0 Å². The van der Waals surface area contributed by atoms with Crippen molar-refractivity contribution in [3.8, 4) is 0 Å². The molecule has 1 N–H and O–H groups in total. The van der Waals surface area contributed by atoms with Gasteiger partial charge in [-0.1, -0.05) is 19.4 Å². The molecular weight excluding hydrogens is 236 g/mol. The van der Waals surface area contributed by atoms with Gasteiger partial charge in [0.05, 0.1) is 11.1 Å². The summed E-state index contributed by atoms with van der Waals surface area (Å²) in [7, 11) is 0. The van der Waals surface area contributed by atoms with E-state index in [-0.39, 0.29) is 5.54 Å². The van der Waals surface area contributed by atoms with Crippen LogP contribution in [0, 0.1) is 0 Å². The molecule has 0 spiro atoms. The van der Waals surface area contributed by atoms with Crippen LogP contribution in [-0.4, -0.2) is 26.3 Å². The van der Waals surface area contributed by atoms with Crippen LogP contribution in [0.15, 0.2) is 30.1 Å². The number of hydrogen-bond donors (Lipinski definition) is 1. The number of aromatic nitrogens is 1. The summed E-state index contributed by atoms with van der Waals surface area (Å²) in [5.74, 6) is 0.